The smallest absolute Gasteiger partial charge is 0.435 e. The van der Waals surface area contributed by atoms with Gasteiger partial charge >= 0.3 is 13.8 Å². The van der Waals surface area contributed by atoms with Crippen LogP contribution in [0.3, 0.4) is 0 Å². The van der Waals surface area contributed by atoms with Crippen molar-refractivity contribution >= 4 is 13.8 Å². The summed E-state index contributed by atoms with van der Waals surface area (Å²) in [5.41, 5.74) is -1.03. The molecule has 0 heterocycles. The molecule has 0 aromatic carbocycles. The molecule has 1 rings (SSSR count). The average Bonchev–Trinajstić information content (AvgIpc) is 2.38. The fraction of sp³-hybridized carbons (Fsp3) is 0.900. The fourth-order valence-corrected chi connectivity index (χ4v) is 2.28. The van der Waals surface area contributed by atoms with Crippen molar-refractivity contribution in [2.24, 2.45) is 10.4 Å². The number of carbonyl (C=O) groups is 1. The van der Waals surface area contributed by atoms with Crippen molar-refractivity contribution < 1.29 is 27.8 Å². The van der Waals surface area contributed by atoms with Crippen LogP contribution in [0.5, 0.6) is 0 Å². The minimum absolute atomic E-state index is 0.442. The number of hydrogen-bond donors (Lipinski definition) is 0. The molecule has 0 unspecified atom stereocenters. The van der Waals surface area contributed by atoms with Crippen LogP contribution in [0.1, 0.15) is 39.0 Å². The molecule has 19 heavy (non-hydrogen) atoms. The van der Waals surface area contributed by atoms with Crippen molar-refractivity contribution in [3.05, 3.63) is 0 Å². The van der Waals surface area contributed by atoms with E-state index < -0.39 is 19.5 Å². The molecule has 0 spiro atoms. The van der Waals surface area contributed by atoms with Gasteiger partial charge in [-0.05, 0) is 12.8 Å². The molecule has 1 saturated carbocycles. The first-order chi connectivity index (χ1) is 8.95. The highest BCUT2D eigenvalue weighted by Gasteiger charge is 2.36. The molecule has 0 radical (unpaired) electrons. The molecular formula is C10H19N2O6P. The lowest BCUT2D eigenvalue weighted by atomic mass is 9.92. The second-order valence-electron chi connectivity index (χ2n) is 4.18. The number of phosphoric ester groups is 1. The van der Waals surface area contributed by atoms with Crippen molar-refractivity contribution in [1.82, 2.24) is 0 Å². The highest BCUT2D eigenvalue weighted by Crippen LogP contribution is 2.48. The summed E-state index contributed by atoms with van der Waals surface area (Å²) in [5, 5.41) is 7.23. The molecule has 0 amide bonds. The summed E-state index contributed by atoms with van der Waals surface area (Å²) in [5.74, 6) is -0.442. The van der Waals surface area contributed by atoms with E-state index in [1.54, 1.807) is 0 Å². The van der Waals surface area contributed by atoms with Crippen LogP contribution in [0.25, 0.3) is 0 Å². The van der Waals surface area contributed by atoms with Gasteiger partial charge in [-0.2, -0.15) is 0 Å². The molecule has 1 aliphatic carbocycles. The van der Waals surface area contributed by atoms with E-state index in [1.807, 2.05) is 0 Å². The minimum atomic E-state index is -3.71. The number of nitrogens with zero attached hydrogens (tertiary/aromatic N) is 2. The number of esters is 1. The van der Waals surface area contributed by atoms with Crippen LogP contribution in [0.4, 0.5) is 0 Å². The van der Waals surface area contributed by atoms with E-state index in [1.165, 1.54) is 21.1 Å². The van der Waals surface area contributed by atoms with Crippen molar-refractivity contribution in [3.63, 3.8) is 0 Å². The Labute approximate surface area is 112 Å². The summed E-state index contributed by atoms with van der Waals surface area (Å²) in [6, 6.07) is 0. The maximum Gasteiger partial charge on any atom is 0.551 e. The molecule has 110 valence electrons. The number of rotatable bonds is 6. The van der Waals surface area contributed by atoms with E-state index in [0.717, 1.165) is 19.3 Å². The first-order valence-corrected chi connectivity index (χ1v) is 7.43. The summed E-state index contributed by atoms with van der Waals surface area (Å²) in [7, 11) is -1.38. The maximum absolute atomic E-state index is 11.6. The summed E-state index contributed by atoms with van der Waals surface area (Å²) in [6.45, 7) is 1.31. The molecule has 0 atom stereocenters. The molecule has 0 bridgehead atoms. The van der Waals surface area contributed by atoms with Gasteiger partial charge in [0.15, 0.2) is 0 Å². The zero-order chi connectivity index (χ0) is 14.4. The van der Waals surface area contributed by atoms with E-state index >= 15 is 0 Å². The molecule has 0 aromatic heterocycles. The second-order valence-corrected chi connectivity index (χ2v) is 5.96. The van der Waals surface area contributed by atoms with Gasteiger partial charge in [0.1, 0.15) is 0 Å². The van der Waals surface area contributed by atoms with Gasteiger partial charge in [-0.25, -0.2) is 4.57 Å². The Hall–Kier alpha value is -0.980. The Morgan fingerprint density at radius 2 is 1.74 bits per heavy atom. The number of hydrogen-bond acceptors (Lipinski definition) is 8. The van der Waals surface area contributed by atoms with Gasteiger partial charge in [0.05, 0.1) is 0 Å². The lowest BCUT2D eigenvalue weighted by molar-refractivity contribution is -0.161. The van der Waals surface area contributed by atoms with Crippen LogP contribution in [0, 0.1) is 0 Å². The molecule has 0 saturated heterocycles. The first kappa shape index (κ1) is 16.1. The predicted molar refractivity (Wildman–Crippen MR) is 65.1 cm³/mol. The molecule has 0 aliphatic heterocycles. The third kappa shape index (κ3) is 4.89. The zero-order valence-electron chi connectivity index (χ0n) is 11.3. The Morgan fingerprint density at radius 1 is 1.16 bits per heavy atom. The SMILES string of the molecule is COP(=O)(OC)ON=NC1(OC(C)=O)CCCCC1. The molecular weight excluding hydrogens is 275 g/mol. The van der Waals surface area contributed by atoms with Crippen molar-refractivity contribution in [3.8, 4) is 0 Å². The fourth-order valence-electron chi connectivity index (χ4n) is 1.87. The van der Waals surface area contributed by atoms with Gasteiger partial charge in [-0.15, -0.1) is 5.11 Å². The Balaban J connectivity index is 2.72. The largest absolute Gasteiger partial charge is 0.551 e. The zero-order valence-corrected chi connectivity index (χ0v) is 12.2. The lowest BCUT2D eigenvalue weighted by Crippen LogP contribution is -2.34. The van der Waals surface area contributed by atoms with Gasteiger partial charge < -0.3 is 4.74 Å². The van der Waals surface area contributed by atoms with E-state index in [-0.39, 0.29) is 0 Å². The molecule has 9 heteroatoms. The summed E-state index contributed by atoms with van der Waals surface area (Å²) in [6.07, 6.45) is 3.92. The summed E-state index contributed by atoms with van der Waals surface area (Å²) in [4.78, 5) is 11.1. The van der Waals surface area contributed by atoms with E-state index in [2.05, 4.69) is 24.1 Å². The maximum atomic E-state index is 11.6. The third-order valence-electron chi connectivity index (χ3n) is 2.78. The lowest BCUT2D eigenvalue weighted by Gasteiger charge is -2.30. The van der Waals surface area contributed by atoms with Gasteiger partial charge in [-0.1, -0.05) is 6.42 Å². The predicted octanol–water partition coefficient (Wildman–Crippen LogP) is 2.99. The molecule has 0 aromatic rings. The summed E-state index contributed by atoms with van der Waals surface area (Å²) >= 11 is 0. The Bertz CT molecular complexity index is 372. The Morgan fingerprint density at radius 3 is 2.21 bits per heavy atom. The minimum Gasteiger partial charge on any atom is -0.435 e. The standard InChI is InChI=1S/C10H19N2O6P/c1-9(13)17-10(7-5-4-6-8-10)11-12-18-19(14,15-2)16-3/h4-8H2,1-3H3. The van der Waals surface area contributed by atoms with Crippen molar-refractivity contribution in [2.75, 3.05) is 14.2 Å². The molecule has 8 nitrogen and oxygen atoms in total. The third-order valence-corrected chi connectivity index (χ3v) is 3.94. The van der Waals surface area contributed by atoms with Crippen LogP contribution in [-0.4, -0.2) is 25.9 Å². The van der Waals surface area contributed by atoms with E-state index in [9.17, 15) is 9.36 Å². The molecule has 1 aliphatic rings. The number of phosphoric acid groups is 1. The monoisotopic (exact) mass is 294 g/mol. The van der Waals surface area contributed by atoms with Crippen LogP contribution in [0.2, 0.25) is 0 Å². The quantitative estimate of drug-likeness (QED) is 0.323. The molecule has 1 fully saturated rings. The molecule has 0 N–H and O–H groups in total. The van der Waals surface area contributed by atoms with Crippen LogP contribution < -0.4 is 0 Å². The number of ether oxygens (including phenoxy) is 1. The van der Waals surface area contributed by atoms with E-state index in [0.29, 0.717) is 12.8 Å². The van der Waals surface area contributed by atoms with Gasteiger partial charge in [0.25, 0.3) is 0 Å². The van der Waals surface area contributed by atoms with Crippen LogP contribution in [0.15, 0.2) is 10.4 Å². The van der Waals surface area contributed by atoms with Gasteiger partial charge in [-0.3, -0.25) is 18.5 Å². The highest BCUT2D eigenvalue weighted by molar-refractivity contribution is 7.48. The topological polar surface area (TPSA) is 95.8 Å². The average molecular weight is 294 g/mol. The van der Waals surface area contributed by atoms with Gasteiger partial charge in [0.2, 0.25) is 5.72 Å². The van der Waals surface area contributed by atoms with Crippen LogP contribution in [-0.2, 0) is 27.8 Å². The van der Waals surface area contributed by atoms with Crippen molar-refractivity contribution in [2.45, 2.75) is 44.8 Å². The van der Waals surface area contributed by atoms with Gasteiger partial charge in [0, 0.05) is 39.3 Å². The van der Waals surface area contributed by atoms with Crippen molar-refractivity contribution in [1.29, 1.82) is 0 Å². The van der Waals surface area contributed by atoms with E-state index in [4.69, 9.17) is 4.74 Å². The summed E-state index contributed by atoms with van der Waals surface area (Å²) < 4.78 is 30.5. The van der Waals surface area contributed by atoms with Crippen LogP contribution >= 0.6 is 7.82 Å². The second kappa shape index (κ2) is 6.98. The number of carbonyl (C=O) groups excluding carboxylic acids is 1. The normalized spacial score (nSPS) is 19.3. The highest BCUT2D eigenvalue weighted by atomic mass is 31.2. The first-order valence-electron chi connectivity index (χ1n) is 5.97. The Kier molecular flexibility index (Phi) is 5.90.